The average molecular weight is 244 g/mol. The first kappa shape index (κ1) is 15.9. The summed E-state index contributed by atoms with van der Waals surface area (Å²) in [7, 11) is 1.60. The molecule has 5 heteroatoms. The van der Waals surface area contributed by atoms with Crippen molar-refractivity contribution in [1.82, 2.24) is 10.2 Å². The maximum atomic E-state index is 11.4. The topological polar surface area (TPSA) is 58.6 Å². The van der Waals surface area contributed by atoms with Crippen molar-refractivity contribution >= 4 is 11.8 Å². The molecule has 0 aromatic heterocycles. The third kappa shape index (κ3) is 8.68. The van der Waals surface area contributed by atoms with Gasteiger partial charge < -0.3 is 15.0 Å². The van der Waals surface area contributed by atoms with E-state index in [1.165, 1.54) is 6.92 Å². The highest BCUT2D eigenvalue weighted by molar-refractivity contribution is 5.76. The first-order valence-corrected chi connectivity index (χ1v) is 5.98. The maximum Gasteiger partial charge on any atom is 0.220 e. The Bertz CT molecular complexity index is 242. The van der Waals surface area contributed by atoms with Gasteiger partial charge in [0.25, 0.3) is 0 Å². The number of rotatable bonds is 8. The van der Waals surface area contributed by atoms with Crippen molar-refractivity contribution in [3.05, 3.63) is 0 Å². The van der Waals surface area contributed by atoms with Crippen LogP contribution in [0, 0.1) is 5.92 Å². The molecule has 0 saturated carbocycles. The molecule has 0 unspecified atom stereocenters. The van der Waals surface area contributed by atoms with Crippen molar-refractivity contribution in [2.75, 3.05) is 33.4 Å². The van der Waals surface area contributed by atoms with E-state index in [1.807, 2.05) is 13.8 Å². The molecule has 0 atom stereocenters. The van der Waals surface area contributed by atoms with Crippen molar-refractivity contribution in [1.29, 1.82) is 0 Å². The zero-order chi connectivity index (χ0) is 13.3. The summed E-state index contributed by atoms with van der Waals surface area (Å²) in [6, 6.07) is 0. The first-order valence-electron chi connectivity index (χ1n) is 5.98. The summed E-state index contributed by atoms with van der Waals surface area (Å²) in [5, 5.41) is 2.80. The van der Waals surface area contributed by atoms with Crippen LogP contribution in [0.15, 0.2) is 0 Å². The second-order valence-corrected chi connectivity index (χ2v) is 4.45. The van der Waals surface area contributed by atoms with Crippen LogP contribution in [0.4, 0.5) is 0 Å². The Morgan fingerprint density at radius 3 is 2.41 bits per heavy atom. The second kappa shape index (κ2) is 8.98. The fourth-order valence-electron chi connectivity index (χ4n) is 1.40. The molecule has 0 spiro atoms. The smallest absolute Gasteiger partial charge is 0.220 e. The van der Waals surface area contributed by atoms with E-state index in [2.05, 4.69) is 5.32 Å². The summed E-state index contributed by atoms with van der Waals surface area (Å²) in [6.07, 6.45) is 0.526. The number of amides is 2. The first-order chi connectivity index (χ1) is 7.97. The van der Waals surface area contributed by atoms with Crippen LogP contribution in [0.2, 0.25) is 0 Å². The van der Waals surface area contributed by atoms with E-state index in [-0.39, 0.29) is 11.8 Å². The van der Waals surface area contributed by atoms with Gasteiger partial charge in [-0.05, 0) is 5.92 Å². The van der Waals surface area contributed by atoms with E-state index < -0.39 is 0 Å². The van der Waals surface area contributed by atoms with Crippen LogP contribution >= 0.6 is 0 Å². The normalized spacial score (nSPS) is 10.4. The molecule has 100 valence electrons. The molecule has 0 aliphatic heterocycles. The molecule has 0 fully saturated rings. The fraction of sp³-hybridized carbons (Fsp3) is 0.833. The summed E-state index contributed by atoms with van der Waals surface area (Å²) >= 11 is 0. The SMILES string of the molecule is COCCN(CCNC(=O)CC(C)C)C(C)=O. The van der Waals surface area contributed by atoms with Gasteiger partial charge in [-0.15, -0.1) is 0 Å². The van der Waals surface area contributed by atoms with Crippen LogP contribution in [0.25, 0.3) is 0 Å². The minimum atomic E-state index is 0.000147. The Morgan fingerprint density at radius 1 is 1.29 bits per heavy atom. The van der Waals surface area contributed by atoms with Gasteiger partial charge in [0.2, 0.25) is 11.8 Å². The number of nitrogens with zero attached hydrogens (tertiary/aromatic N) is 1. The number of carbonyl (C=O) groups is 2. The Kier molecular flexibility index (Phi) is 8.40. The molecule has 5 nitrogen and oxygen atoms in total. The third-order valence-corrected chi connectivity index (χ3v) is 2.31. The van der Waals surface area contributed by atoms with E-state index in [1.54, 1.807) is 12.0 Å². The highest BCUT2D eigenvalue weighted by atomic mass is 16.5. The summed E-state index contributed by atoms with van der Waals surface area (Å²) in [5.74, 6) is 0.391. The molecule has 0 aliphatic rings. The molecule has 0 aromatic rings. The van der Waals surface area contributed by atoms with Crippen LogP contribution in [-0.4, -0.2) is 50.1 Å². The molecular weight excluding hydrogens is 220 g/mol. The van der Waals surface area contributed by atoms with Gasteiger partial charge in [0, 0.05) is 40.1 Å². The van der Waals surface area contributed by atoms with E-state index in [0.717, 1.165) is 0 Å². The number of ether oxygens (including phenoxy) is 1. The third-order valence-electron chi connectivity index (χ3n) is 2.31. The van der Waals surface area contributed by atoms with Crippen LogP contribution in [-0.2, 0) is 14.3 Å². The summed E-state index contributed by atoms with van der Waals surface area (Å²) in [5.41, 5.74) is 0. The van der Waals surface area contributed by atoms with E-state index in [9.17, 15) is 9.59 Å². The molecular formula is C12H24N2O3. The molecule has 17 heavy (non-hydrogen) atoms. The summed E-state index contributed by atoms with van der Waals surface area (Å²) in [4.78, 5) is 24.3. The van der Waals surface area contributed by atoms with Gasteiger partial charge in [-0.1, -0.05) is 13.8 Å². The molecule has 0 bridgehead atoms. The van der Waals surface area contributed by atoms with E-state index >= 15 is 0 Å². The number of hydrogen-bond acceptors (Lipinski definition) is 3. The molecule has 2 amide bonds. The molecule has 1 N–H and O–H groups in total. The molecule has 0 radical (unpaired) electrons. The van der Waals surface area contributed by atoms with Gasteiger partial charge in [-0.25, -0.2) is 0 Å². The van der Waals surface area contributed by atoms with Gasteiger partial charge in [0.15, 0.2) is 0 Å². The lowest BCUT2D eigenvalue weighted by Gasteiger charge is -2.20. The van der Waals surface area contributed by atoms with Crippen molar-refractivity contribution in [2.24, 2.45) is 5.92 Å². The van der Waals surface area contributed by atoms with Gasteiger partial charge in [-0.2, -0.15) is 0 Å². The predicted octanol–water partition coefficient (Wildman–Crippen LogP) is 0.644. The van der Waals surface area contributed by atoms with E-state index in [0.29, 0.717) is 38.6 Å². The standard InChI is InChI=1S/C12H24N2O3/c1-10(2)9-12(16)13-5-6-14(11(3)15)7-8-17-4/h10H,5-9H2,1-4H3,(H,13,16). The Morgan fingerprint density at radius 2 is 1.94 bits per heavy atom. The zero-order valence-corrected chi connectivity index (χ0v) is 11.3. The lowest BCUT2D eigenvalue weighted by molar-refractivity contribution is -0.130. The Labute approximate surface area is 103 Å². The molecule has 0 aromatic carbocycles. The van der Waals surface area contributed by atoms with Crippen molar-refractivity contribution in [3.8, 4) is 0 Å². The lowest BCUT2D eigenvalue weighted by Crippen LogP contribution is -2.39. The molecule has 0 heterocycles. The molecule has 0 aliphatic carbocycles. The largest absolute Gasteiger partial charge is 0.383 e. The zero-order valence-electron chi connectivity index (χ0n) is 11.3. The second-order valence-electron chi connectivity index (χ2n) is 4.45. The number of carbonyl (C=O) groups excluding carboxylic acids is 2. The molecule has 0 saturated heterocycles. The van der Waals surface area contributed by atoms with Crippen molar-refractivity contribution < 1.29 is 14.3 Å². The number of methoxy groups -OCH3 is 1. The van der Waals surface area contributed by atoms with Crippen LogP contribution < -0.4 is 5.32 Å². The predicted molar refractivity (Wildman–Crippen MR) is 66.6 cm³/mol. The van der Waals surface area contributed by atoms with Crippen LogP contribution in [0.5, 0.6) is 0 Å². The van der Waals surface area contributed by atoms with Crippen LogP contribution in [0.1, 0.15) is 27.2 Å². The van der Waals surface area contributed by atoms with Crippen molar-refractivity contribution in [3.63, 3.8) is 0 Å². The average Bonchev–Trinajstić information content (AvgIpc) is 2.21. The summed E-state index contributed by atoms with van der Waals surface area (Å²) < 4.78 is 4.92. The Hall–Kier alpha value is -1.10. The Balaban J connectivity index is 3.81. The van der Waals surface area contributed by atoms with Gasteiger partial charge in [0.05, 0.1) is 6.61 Å². The quantitative estimate of drug-likeness (QED) is 0.682. The van der Waals surface area contributed by atoms with E-state index in [4.69, 9.17) is 4.74 Å². The maximum absolute atomic E-state index is 11.4. The van der Waals surface area contributed by atoms with Gasteiger partial charge in [-0.3, -0.25) is 9.59 Å². The van der Waals surface area contributed by atoms with Crippen molar-refractivity contribution in [2.45, 2.75) is 27.2 Å². The molecule has 0 rings (SSSR count). The van der Waals surface area contributed by atoms with Gasteiger partial charge >= 0.3 is 0 Å². The summed E-state index contributed by atoms with van der Waals surface area (Å²) in [6.45, 7) is 7.62. The lowest BCUT2D eigenvalue weighted by atomic mass is 10.1. The fourth-order valence-corrected chi connectivity index (χ4v) is 1.40. The van der Waals surface area contributed by atoms with Crippen LogP contribution in [0.3, 0.4) is 0 Å². The van der Waals surface area contributed by atoms with Gasteiger partial charge in [0.1, 0.15) is 0 Å². The number of hydrogen-bond donors (Lipinski definition) is 1. The monoisotopic (exact) mass is 244 g/mol. The minimum absolute atomic E-state index is 0.000147. The highest BCUT2D eigenvalue weighted by Crippen LogP contribution is 1.97. The minimum Gasteiger partial charge on any atom is -0.383 e. The number of nitrogens with one attached hydrogen (secondary N) is 1. The highest BCUT2D eigenvalue weighted by Gasteiger charge is 2.09.